The van der Waals surface area contributed by atoms with Crippen molar-refractivity contribution in [2.24, 2.45) is 0 Å². The standard InChI is InChI=1S/C23H30N2O3/c1-23(2,3)28-22(26)25-14-12-19(13-15-25)24-20-10-7-11-21(16-20)27-17-18-8-5-4-6-9-18/h4-11,16,19,24H,12-15,17H2,1-3H3. The minimum absolute atomic E-state index is 0.220. The van der Waals surface area contributed by atoms with Crippen LogP contribution < -0.4 is 10.1 Å². The van der Waals surface area contributed by atoms with E-state index in [1.807, 2.05) is 57.2 Å². The molecule has 5 nitrogen and oxygen atoms in total. The number of hydrogen-bond acceptors (Lipinski definition) is 4. The van der Waals surface area contributed by atoms with Gasteiger partial charge >= 0.3 is 6.09 Å². The number of piperidine rings is 1. The summed E-state index contributed by atoms with van der Waals surface area (Å²) in [5, 5.41) is 3.57. The lowest BCUT2D eigenvalue weighted by molar-refractivity contribution is 0.0210. The van der Waals surface area contributed by atoms with E-state index in [0.29, 0.717) is 25.7 Å². The molecule has 0 bridgehead atoms. The van der Waals surface area contributed by atoms with Crippen molar-refractivity contribution in [3.05, 3.63) is 60.2 Å². The fourth-order valence-corrected chi connectivity index (χ4v) is 3.19. The highest BCUT2D eigenvalue weighted by Gasteiger charge is 2.26. The van der Waals surface area contributed by atoms with Crippen LogP contribution in [0.5, 0.6) is 5.75 Å². The van der Waals surface area contributed by atoms with Gasteiger partial charge in [0.15, 0.2) is 0 Å². The van der Waals surface area contributed by atoms with E-state index in [9.17, 15) is 4.79 Å². The first-order valence-corrected chi connectivity index (χ1v) is 9.90. The molecule has 2 aromatic rings. The summed E-state index contributed by atoms with van der Waals surface area (Å²) in [4.78, 5) is 14.0. The van der Waals surface area contributed by atoms with Crippen molar-refractivity contribution in [3.63, 3.8) is 0 Å². The zero-order valence-electron chi connectivity index (χ0n) is 17.0. The van der Waals surface area contributed by atoms with Crippen molar-refractivity contribution in [3.8, 4) is 5.75 Å². The van der Waals surface area contributed by atoms with E-state index in [1.54, 1.807) is 4.90 Å². The molecule has 0 aromatic heterocycles. The lowest BCUT2D eigenvalue weighted by atomic mass is 10.0. The normalized spacial score (nSPS) is 15.2. The zero-order valence-corrected chi connectivity index (χ0v) is 17.0. The van der Waals surface area contributed by atoms with Crippen molar-refractivity contribution < 1.29 is 14.3 Å². The Kier molecular flexibility index (Phi) is 6.45. The molecule has 1 aliphatic heterocycles. The van der Waals surface area contributed by atoms with Crippen LogP contribution in [-0.2, 0) is 11.3 Å². The quantitative estimate of drug-likeness (QED) is 0.784. The molecule has 1 amide bonds. The maximum absolute atomic E-state index is 12.2. The number of ether oxygens (including phenoxy) is 2. The molecule has 150 valence electrons. The van der Waals surface area contributed by atoms with E-state index in [2.05, 4.69) is 23.5 Å². The lowest BCUT2D eigenvalue weighted by Crippen LogP contribution is -2.44. The molecular formula is C23H30N2O3. The van der Waals surface area contributed by atoms with E-state index < -0.39 is 5.60 Å². The number of amides is 1. The van der Waals surface area contributed by atoms with Crippen LogP contribution in [0.2, 0.25) is 0 Å². The second-order valence-corrected chi connectivity index (χ2v) is 8.19. The maximum atomic E-state index is 12.2. The minimum atomic E-state index is -0.452. The van der Waals surface area contributed by atoms with Gasteiger partial charge in [-0.05, 0) is 51.3 Å². The van der Waals surface area contributed by atoms with Crippen LogP contribution in [0, 0.1) is 0 Å². The molecule has 5 heteroatoms. The van der Waals surface area contributed by atoms with Gasteiger partial charge in [0.25, 0.3) is 0 Å². The Morgan fingerprint density at radius 1 is 1.07 bits per heavy atom. The SMILES string of the molecule is CC(C)(C)OC(=O)N1CCC(Nc2cccc(OCc3ccccc3)c2)CC1. The lowest BCUT2D eigenvalue weighted by Gasteiger charge is -2.34. The molecule has 0 atom stereocenters. The Morgan fingerprint density at radius 3 is 2.46 bits per heavy atom. The molecule has 0 spiro atoms. The molecule has 2 aromatic carbocycles. The Hall–Kier alpha value is -2.69. The number of nitrogens with zero attached hydrogens (tertiary/aromatic N) is 1. The molecular weight excluding hydrogens is 352 g/mol. The van der Waals surface area contributed by atoms with Crippen molar-refractivity contribution in [2.45, 2.75) is 51.9 Å². The summed E-state index contributed by atoms with van der Waals surface area (Å²) in [6.07, 6.45) is 1.57. The number of likely N-dealkylation sites (tertiary alicyclic amines) is 1. The zero-order chi connectivity index (χ0) is 20.0. The third-order valence-corrected chi connectivity index (χ3v) is 4.60. The molecule has 1 saturated heterocycles. The summed E-state index contributed by atoms with van der Waals surface area (Å²) in [7, 11) is 0. The van der Waals surface area contributed by atoms with Gasteiger partial charge in [-0.1, -0.05) is 36.4 Å². The van der Waals surface area contributed by atoms with Crippen LogP contribution in [0.3, 0.4) is 0 Å². The Bertz CT molecular complexity index is 763. The summed E-state index contributed by atoms with van der Waals surface area (Å²) in [5.41, 5.74) is 1.74. The number of carbonyl (C=O) groups excluding carboxylic acids is 1. The second kappa shape index (κ2) is 9.00. The maximum Gasteiger partial charge on any atom is 0.410 e. The van der Waals surface area contributed by atoms with Gasteiger partial charge < -0.3 is 19.7 Å². The van der Waals surface area contributed by atoms with Gasteiger partial charge in [-0.15, -0.1) is 0 Å². The Balaban J connectivity index is 1.48. The molecule has 1 heterocycles. The Labute approximate surface area is 167 Å². The van der Waals surface area contributed by atoms with E-state index in [-0.39, 0.29) is 6.09 Å². The van der Waals surface area contributed by atoms with Crippen LogP contribution >= 0.6 is 0 Å². The first-order chi connectivity index (χ1) is 13.4. The molecule has 3 rings (SSSR count). The van der Waals surface area contributed by atoms with Gasteiger partial charge in [-0.2, -0.15) is 0 Å². The van der Waals surface area contributed by atoms with Gasteiger partial charge in [0.2, 0.25) is 0 Å². The summed E-state index contributed by atoms with van der Waals surface area (Å²) >= 11 is 0. The van der Waals surface area contributed by atoms with Crippen LogP contribution in [0.15, 0.2) is 54.6 Å². The fraction of sp³-hybridized carbons (Fsp3) is 0.435. The van der Waals surface area contributed by atoms with E-state index in [4.69, 9.17) is 9.47 Å². The fourth-order valence-electron chi connectivity index (χ4n) is 3.19. The third-order valence-electron chi connectivity index (χ3n) is 4.60. The van der Waals surface area contributed by atoms with E-state index >= 15 is 0 Å². The highest BCUT2D eigenvalue weighted by Crippen LogP contribution is 2.22. The van der Waals surface area contributed by atoms with Crippen LogP contribution in [-0.4, -0.2) is 35.7 Å². The number of rotatable bonds is 5. The number of carbonyl (C=O) groups is 1. The molecule has 0 aliphatic carbocycles. The largest absolute Gasteiger partial charge is 0.489 e. The summed E-state index contributed by atoms with van der Waals surface area (Å²) in [5.74, 6) is 0.847. The third kappa shape index (κ3) is 6.19. The van der Waals surface area contributed by atoms with E-state index in [1.165, 1.54) is 0 Å². The van der Waals surface area contributed by atoms with Crippen LogP contribution in [0.1, 0.15) is 39.2 Å². The van der Waals surface area contributed by atoms with Gasteiger partial charge in [-0.25, -0.2) is 4.79 Å². The summed E-state index contributed by atoms with van der Waals surface area (Å²) < 4.78 is 11.4. The van der Waals surface area contributed by atoms with E-state index in [0.717, 1.165) is 29.8 Å². The molecule has 0 unspecified atom stereocenters. The van der Waals surface area contributed by atoms with Crippen LogP contribution in [0.25, 0.3) is 0 Å². The highest BCUT2D eigenvalue weighted by molar-refractivity contribution is 5.68. The van der Waals surface area contributed by atoms with Gasteiger partial charge in [-0.3, -0.25) is 0 Å². The van der Waals surface area contributed by atoms with Crippen LogP contribution in [0.4, 0.5) is 10.5 Å². The predicted octanol–water partition coefficient (Wildman–Crippen LogP) is 5.08. The average Bonchev–Trinajstić information content (AvgIpc) is 2.67. The summed E-state index contributed by atoms with van der Waals surface area (Å²) in [6.45, 7) is 7.65. The smallest absolute Gasteiger partial charge is 0.410 e. The van der Waals surface area contributed by atoms with Gasteiger partial charge in [0, 0.05) is 30.9 Å². The van der Waals surface area contributed by atoms with Crippen molar-refractivity contribution >= 4 is 11.8 Å². The van der Waals surface area contributed by atoms with Gasteiger partial charge in [0.05, 0.1) is 0 Å². The number of nitrogens with one attached hydrogen (secondary N) is 1. The van der Waals surface area contributed by atoms with Gasteiger partial charge in [0.1, 0.15) is 18.0 Å². The number of anilines is 1. The minimum Gasteiger partial charge on any atom is -0.489 e. The topological polar surface area (TPSA) is 50.8 Å². The monoisotopic (exact) mass is 382 g/mol. The molecule has 28 heavy (non-hydrogen) atoms. The summed E-state index contributed by atoms with van der Waals surface area (Å²) in [6, 6.07) is 18.5. The molecule has 1 fully saturated rings. The first kappa shape index (κ1) is 20.1. The second-order valence-electron chi connectivity index (χ2n) is 8.19. The van der Waals surface area contributed by atoms with Crippen molar-refractivity contribution in [2.75, 3.05) is 18.4 Å². The average molecular weight is 383 g/mol. The number of hydrogen-bond donors (Lipinski definition) is 1. The van der Waals surface area contributed by atoms with Crippen molar-refractivity contribution in [1.82, 2.24) is 4.90 Å². The highest BCUT2D eigenvalue weighted by atomic mass is 16.6. The molecule has 1 aliphatic rings. The first-order valence-electron chi connectivity index (χ1n) is 9.90. The molecule has 0 radical (unpaired) electrons. The van der Waals surface area contributed by atoms with Crippen molar-refractivity contribution in [1.29, 1.82) is 0 Å². The predicted molar refractivity (Wildman–Crippen MR) is 112 cm³/mol. The number of benzene rings is 2. The Morgan fingerprint density at radius 2 is 1.79 bits per heavy atom. The molecule has 0 saturated carbocycles. The molecule has 1 N–H and O–H groups in total.